The Bertz CT molecular complexity index is 671. The van der Waals surface area contributed by atoms with Crippen molar-refractivity contribution < 1.29 is 19.0 Å². The van der Waals surface area contributed by atoms with Crippen molar-refractivity contribution >= 4 is 21.7 Å². The Labute approximate surface area is 149 Å². The van der Waals surface area contributed by atoms with Crippen LogP contribution in [0.15, 0.2) is 46.9 Å². The molecule has 2 aromatic carbocycles. The second-order valence-corrected chi connectivity index (χ2v) is 6.38. The van der Waals surface area contributed by atoms with Gasteiger partial charge in [0.2, 0.25) is 0 Å². The number of unbranched alkanes of at least 4 members (excludes halogenated alkanes) is 3. The van der Waals surface area contributed by atoms with Crippen LogP contribution in [0, 0.1) is 5.82 Å². The number of aliphatic hydroxyl groups excluding tert-OH is 1. The Balaban J connectivity index is 1.94. The first-order valence-corrected chi connectivity index (χ1v) is 8.74. The Hall–Kier alpha value is -1.72. The van der Waals surface area contributed by atoms with Gasteiger partial charge in [-0.15, -0.1) is 0 Å². The Morgan fingerprint density at radius 2 is 1.75 bits per heavy atom. The predicted octanol–water partition coefficient (Wildman–Crippen LogP) is 4.75. The van der Waals surface area contributed by atoms with Crippen molar-refractivity contribution in [3.05, 3.63) is 63.9 Å². The van der Waals surface area contributed by atoms with Crippen LogP contribution in [0.3, 0.4) is 0 Å². The molecule has 1 N–H and O–H groups in total. The Kier molecular flexibility index (Phi) is 7.40. The number of aliphatic hydroxyl groups is 1. The van der Waals surface area contributed by atoms with Gasteiger partial charge in [-0.1, -0.05) is 22.4 Å². The van der Waals surface area contributed by atoms with Gasteiger partial charge >= 0.3 is 0 Å². The zero-order chi connectivity index (χ0) is 17.4. The summed E-state index contributed by atoms with van der Waals surface area (Å²) in [6, 6.07) is 11.1. The fourth-order valence-corrected chi connectivity index (χ4v) is 2.55. The summed E-state index contributed by atoms with van der Waals surface area (Å²) in [6.07, 6.45) is 3.56. The summed E-state index contributed by atoms with van der Waals surface area (Å²) in [5.41, 5.74) is 0.474. The van der Waals surface area contributed by atoms with E-state index in [4.69, 9.17) is 9.84 Å². The number of carbonyl (C=O) groups excluding carboxylic acids is 1. The van der Waals surface area contributed by atoms with Gasteiger partial charge in [-0.25, -0.2) is 4.39 Å². The van der Waals surface area contributed by atoms with E-state index in [0.717, 1.165) is 30.2 Å². The zero-order valence-corrected chi connectivity index (χ0v) is 14.9. The molecule has 0 spiro atoms. The van der Waals surface area contributed by atoms with Crippen molar-refractivity contribution in [2.45, 2.75) is 25.7 Å². The van der Waals surface area contributed by atoms with E-state index < -0.39 is 5.82 Å². The lowest BCUT2D eigenvalue weighted by Crippen LogP contribution is -2.05. The average Bonchev–Trinajstić information content (AvgIpc) is 2.58. The number of benzene rings is 2. The van der Waals surface area contributed by atoms with Crippen molar-refractivity contribution in [1.82, 2.24) is 0 Å². The van der Waals surface area contributed by atoms with Crippen LogP contribution in [0.1, 0.15) is 41.6 Å². The minimum atomic E-state index is -0.583. The molecule has 0 saturated heterocycles. The van der Waals surface area contributed by atoms with Gasteiger partial charge in [0, 0.05) is 22.7 Å². The Morgan fingerprint density at radius 1 is 1.04 bits per heavy atom. The molecule has 0 radical (unpaired) electrons. The second kappa shape index (κ2) is 9.55. The van der Waals surface area contributed by atoms with Gasteiger partial charge in [0.15, 0.2) is 5.78 Å². The highest BCUT2D eigenvalue weighted by Crippen LogP contribution is 2.21. The molecule has 2 rings (SSSR count). The highest BCUT2D eigenvalue weighted by molar-refractivity contribution is 9.10. The lowest BCUT2D eigenvalue weighted by atomic mass is 10.0. The van der Waals surface area contributed by atoms with Crippen LogP contribution in [0.2, 0.25) is 0 Å². The van der Waals surface area contributed by atoms with E-state index in [1.165, 1.54) is 12.1 Å². The third-order valence-electron chi connectivity index (χ3n) is 3.61. The lowest BCUT2D eigenvalue weighted by molar-refractivity contribution is 0.103. The molecule has 0 unspecified atom stereocenters. The zero-order valence-electron chi connectivity index (χ0n) is 13.3. The van der Waals surface area contributed by atoms with E-state index in [1.54, 1.807) is 30.3 Å². The summed E-state index contributed by atoms with van der Waals surface area (Å²) in [6.45, 7) is 0.699. The van der Waals surface area contributed by atoms with Gasteiger partial charge in [-0.3, -0.25) is 4.79 Å². The number of halogens is 2. The summed E-state index contributed by atoms with van der Waals surface area (Å²) in [5.74, 6) is -0.515. The van der Waals surface area contributed by atoms with Crippen LogP contribution in [-0.2, 0) is 0 Å². The summed E-state index contributed by atoms with van der Waals surface area (Å²) in [4.78, 5) is 12.3. The van der Waals surface area contributed by atoms with Gasteiger partial charge < -0.3 is 9.84 Å². The maximum Gasteiger partial charge on any atom is 0.195 e. The molecule has 0 fully saturated rings. The molecule has 3 nitrogen and oxygen atoms in total. The number of hydrogen-bond donors (Lipinski definition) is 1. The number of ketones is 1. The van der Waals surface area contributed by atoms with Gasteiger partial charge in [-0.2, -0.15) is 0 Å². The molecule has 0 aliphatic heterocycles. The van der Waals surface area contributed by atoms with Crippen LogP contribution in [0.4, 0.5) is 4.39 Å². The maximum atomic E-state index is 14.2. The summed E-state index contributed by atoms with van der Waals surface area (Å²) in [5, 5.41) is 8.70. The first-order chi connectivity index (χ1) is 11.6. The fourth-order valence-electron chi connectivity index (χ4n) is 2.28. The molecule has 0 aliphatic carbocycles. The Morgan fingerprint density at radius 3 is 2.42 bits per heavy atom. The van der Waals surface area contributed by atoms with Crippen LogP contribution >= 0.6 is 15.9 Å². The fraction of sp³-hybridized carbons (Fsp3) is 0.316. The van der Waals surface area contributed by atoms with Crippen LogP contribution in [0.5, 0.6) is 5.75 Å². The van der Waals surface area contributed by atoms with E-state index in [1.807, 2.05) is 0 Å². The lowest BCUT2D eigenvalue weighted by Gasteiger charge is -2.08. The average molecular weight is 395 g/mol. The second-order valence-electron chi connectivity index (χ2n) is 5.46. The molecule has 128 valence electrons. The topological polar surface area (TPSA) is 46.5 Å². The van der Waals surface area contributed by atoms with Crippen molar-refractivity contribution in [3.8, 4) is 5.75 Å². The standard InChI is InChI=1S/C19H20BrFO3/c20-15-7-5-14(6-8-15)19(23)17-10-9-16(13-18(17)21)24-12-4-2-1-3-11-22/h5-10,13,22H,1-4,11-12H2. The first-order valence-electron chi connectivity index (χ1n) is 7.95. The molecule has 0 saturated carbocycles. The van der Waals surface area contributed by atoms with Crippen LogP contribution < -0.4 is 4.74 Å². The van der Waals surface area contributed by atoms with Crippen molar-refractivity contribution in [3.63, 3.8) is 0 Å². The number of hydrogen-bond acceptors (Lipinski definition) is 3. The molecule has 24 heavy (non-hydrogen) atoms. The van der Waals surface area contributed by atoms with E-state index in [2.05, 4.69) is 15.9 Å². The molecule has 0 heterocycles. The molecule has 0 aromatic heterocycles. The minimum absolute atomic E-state index is 0.0348. The molecule has 0 aliphatic rings. The molecule has 2 aromatic rings. The summed E-state index contributed by atoms with van der Waals surface area (Å²) in [7, 11) is 0. The van der Waals surface area contributed by atoms with Gasteiger partial charge in [-0.05, 0) is 55.7 Å². The van der Waals surface area contributed by atoms with Gasteiger partial charge in [0.05, 0.1) is 12.2 Å². The smallest absolute Gasteiger partial charge is 0.195 e. The number of rotatable bonds is 9. The minimum Gasteiger partial charge on any atom is -0.493 e. The maximum absolute atomic E-state index is 14.2. The summed E-state index contributed by atoms with van der Waals surface area (Å²) < 4.78 is 20.6. The van der Waals surface area contributed by atoms with Gasteiger partial charge in [0.25, 0.3) is 0 Å². The van der Waals surface area contributed by atoms with Gasteiger partial charge in [0.1, 0.15) is 11.6 Å². The quantitative estimate of drug-likeness (QED) is 0.492. The van der Waals surface area contributed by atoms with Crippen molar-refractivity contribution in [2.24, 2.45) is 0 Å². The summed E-state index contributed by atoms with van der Waals surface area (Å²) >= 11 is 3.30. The van der Waals surface area contributed by atoms with Crippen molar-refractivity contribution in [2.75, 3.05) is 13.2 Å². The molecular formula is C19H20BrFO3. The molecule has 0 amide bonds. The third-order valence-corrected chi connectivity index (χ3v) is 4.14. The van der Waals surface area contributed by atoms with E-state index in [-0.39, 0.29) is 18.0 Å². The number of ether oxygens (including phenoxy) is 1. The number of carbonyl (C=O) groups is 1. The first kappa shape index (κ1) is 18.6. The third kappa shape index (κ3) is 5.42. The SMILES string of the molecule is O=C(c1ccc(Br)cc1)c1ccc(OCCCCCCO)cc1F. The normalized spacial score (nSPS) is 10.6. The molecule has 5 heteroatoms. The molecule has 0 atom stereocenters. The van der Waals surface area contributed by atoms with Crippen LogP contribution in [0.25, 0.3) is 0 Å². The van der Waals surface area contributed by atoms with E-state index in [9.17, 15) is 9.18 Å². The highest BCUT2D eigenvalue weighted by atomic mass is 79.9. The monoisotopic (exact) mass is 394 g/mol. The molecular weight excluding hydrogens is 375 g/mol. The predicted molar refractivity (Wildman–Crippen MR) is 95.0 cm³/mol. The van der Waals surface area contributed by atoms with Crippen LogP contribution in [-0.4, -0.2) is 24.1 Å². The van der Waals surface area contributed by atoms with E-state index >= 15 is 0 Å². The highest BCUT2D eigenvalue weighted by Gasteiger charge is 2.14. The largest absolute Gasteiger partial charge is 0.493 e. The molecule has 0 bridgehead atoms. The van der Waals surface area contributed by atoms with E-state index in [0.29, 0.717) is 17.9 Å². The van der Waals surface area contributed by atoms with Crippen molar-refractivity contribution in [1.29, 1.82) is 0 Å².